The largest absolute Gasteiger partial charge is 0.396 e. The lowest BCUT2D eigenvalue weighted by Crippen LogP contribution is -2.51. The normalized spacial score (nSPS) is 31.5. The number of aliphatic hydroxyl groups excluding tert-OH is 1. The molecule has 3 rings (SSSR count). The van der Waals surface area contributed by atoms with Crippen molar-refractivity contribution in [2.75, 3.05) is 44.2 Å². The third-order valence-corrected chi connectivity index (χ3v) is 5.97. The molecule has 1 N–H and O–H groups in total. The van der Waals surface area contributed by atoms with Crippen molar-refractivity contribution in [1.29, 1.82) is 0 Å². The van der Waals surface area contributed by atoms with Gasteiger partial charge >= 0.3 is 0 Å². The minimum atomic E-state index is 0.154. The summed E-state index contributed by atoms with van der Waals surface area (Å²) in [5.41, 5.74) is 0.154. The quantitative estimate of drug-likeness (QED) is 0.927. The van der Waals surface area contributed by atoms with Crippen LogP contribution in [0.1, 0.15) is 32.6 Å². The lowest BCUT2D eigenvalue weighted by atomic mass is 9.70. The van der Waals surface area contributed by atoms with E-state index in [1.54, 1.807) is 11.3 Å². The molecule has 5 heteroatoms. The number of piperazine rings is 1. The third kappa shape index (κ3) is 3.58. The molecule has 2 aliphatic rings. The average Bonchev–Trinajstić information content (AvgIpc) is 3.02. The van der Waals surface area contributed by atoms with Crippen LogP contribution in [0.5, 0.6) is 0 Å². The molecule has 1 saturated heterocycles. The van der Waals surface area contributed by atoms with Crippen LogP contribution < -0.4 is 4.90 Å². The summed E-state index contributed by atoms with van der Waals surface area (Å²) in [6.45, 7) is 8.06. The molecule has 2 heterocycles. The fourth-order valence-corrected chi connectivity index (χ4v) is 4.75. The maximum atomic E-state index is 9.95. The highest BCUT2D eigenvalue weighted by Gasteiger charge is 2.36. The van der Waals surface area contributed by atoms with Gasteiger partial charge < -0.3 is 10.0 Å². The summed E-state index contributed by atoms with van der Waals surface area (Å²) in [4.78, 5) is 9.35. The van der Waals surface area contributed by atoms with E-state index in [2.05, 4.69) is 21.7 Å². The first-order chi connectivity index (χ1) is 10.2. The zero-order valence-electron chi connectivity index (χ0n) is 13.0. The molecule has 0 spiro atoms. The highest BCUT2D eigenvalue weighted by Crippen LogP contribution is 2.39. The van der Waals surface area contributed by atoms with E-state index in [0.29, 0.717) is 6.61 Å². The van der Waals surface area contributed by atoms with Gasteiger partial charge in [0.05, 0.1) is 0 Å². The molecule has 21 heavy (non-hydrogen) atoms. The van der Waals surface area contributed by atoms with Crippen LogP contribution in [-0.4, -0.2) is 54.3 Å². The van der Waals surface area contributed by atoms with Crippen LogP contribution in [0, 0.1) is 11.3 Å². The van der Waals surface area contributed by atoms with Crippen molar-refractivity contribution in [2.45, 2.75) is 32.6 Å². The minimum Gasteiger partial charge on any atom is -0.396 e. The van der Waals surface area contributed by atoms with E-state index in [1.165, 1.54) is 25.7 Å². The lowest BCUT2D eigenvalue weighted by molar-refractivity contribution is 0.0224. The number of thiazole rings is 1. The summed E-state index contributed by atoms with van der Waals surface area (Å²) in [7, 11) is 0. The van der Waals surface area contributed by atoms with Crippen molar-refractivity contribution < 1.29 is 5.11 Å². The molecule has 2 atom stereocenters. The Morgan fingerprint density at radius 3 is 2.81 bits per heavy atom. The van der Waals surface area contributed by atoms with E-state index in [-0.39, 0.29) is 5.41 Å². The Morgan fingerprint density at radius 2 is 2.19 bits per heavy atom. The Balaban J connectivity index is 1.54. The van der Waals surface area contributed by atoms with Gasteiger partial charge in [0, 0.05) is 56.3 Å². The number of aliphatic hydroxyl groups is 1. The maximum Gasteiger partial charge on any atom is 0.185 e. The summed E-state index contributed by atoms with van der Waals surface area (Å²) in [6, 6.07) is 0. The molecule has 4 nitrogen and oxygen atoms in total. The van der Waals surface area contributed by atoms with E-state index in [1.807, 2.05) is 11.6 Å². The van der Waals surface area contributed by atoms with Crippen molar-refractivity contribution in [2.24, 2.45) is 11.3 Å². The Bertz CT molecular complexity index is 431. The fraction of sp³-hybridized carbons (Fsp3) is 0.812. The predicted octanol–water partition coefficient (Wildman–Crippen LogP) is 2.45. The number of nitrogens with zero attached hydrogens (tertiary/aromatic N) is 3. The maximum absolute atomic E-state index is 9.95. The molecule has 0 bridgehead atoms. The Morgan fingerprint density at radius 1 is 1.38 bits per heavy atom. The Kier molecular flexibility index (Phi) is 4.82. The van der Waals surface area contributed by atoms with Crippen LogP contribution >= 0.6 is 11.3 Å². The van der Waals surface area contributed by atoms with Crippen LogP contribution in [-0.2, 0) is 0 Å². The van der Waals surface area contributed by atoms with Crippen molar-refractivity contribution >= 4 is 16.5 Å². The first-order valence-corrected chi connectivity index (χ1v) is 9.06. The van der Waals surface area contributed by atoms with E-state index in [4.69, 9.17) is 0 Å². The van der Waals surface area contributed by atoms with Gasteiger partial charge in [-0.15, -0.1) is 11.3 Å². The summed E-state index contributed by atoms with van der Waals surface area (Å²) < 4.78 is 0. The van der Waals surface area contributed by atoms with Crippen LogP contribution in [0.3, 0.4) is 0 Å². The van der Waals surface area contributed by atoms with Gasteiger partial charge in [0.2, 0.25) is 0 Å². The van der Waals surface area contributed by atoms with Gasteiger partial charge in [-0.3, -0.25) is 4.90 Å². The van der Waals surface area contributed by atoms with Crippen LogP contribution in [0.25, 0.3) is 0 Å². The molecule has 1 aromatic rings. The molecular formula is C16H27N3OS. The number of anilines is 1. The van der Waals surface area contributed by atoms with Gasteiger partial charge in [-0.05, 0) is 18.8 Å². The van der Waals surface area contributed by atoms with Crippen molar-refractivity contribution in [3.8, 4) is 0 Å². The van der Waals surface area contributed by atoms with Gasteiger partial charge in [0.15, 0.2) is 5.13 Å². The molecule has 0 amide bonds. The SMILES string of the molecule is CC1CCCC(CO)(CN2CCN(c3nccs3)CC2)C1. The molecule has 1 aromatic heterocycles. The molecule has 0 aromatic carbocycles. The van der Waals surface area contributed by atoms with Crippen molar-refractivity contribution in [3.05, 3.63) is 11.6 Å². The van der Waals surface area contributed by atoms with Crippen LogP contribution in [0.2, 0.25) is 0 Å². The molecule has 118 valence electrons. The van der Waals surface area contributed by atoms with Gasteiger partial charge in [-0.25, -0.2) is 4.98 Å². The topological polar surface area (TPSA) is 39.6 Å². The summed E-state index contributed by atoms with van der Waals surface area (Å²) >= 11 is 1.73. The second-order valence-electron chi connectivity index (χ2n) is 6.94. The minimum absolute atomic E-state index is 0.154. The van der Waals surface area contributed by atoms with Crippen molar-refractivity contribution in [1.82, 2.24) is 9.88 Å². The molecule has 1 aliphatic heterocycles. The van der Waals surface area contributed by atoms with Gasteiger partial charge in [0.1, 0.15) is 0 Å². The fourth-order valence-electron chi connectivity index (χ4n) is 4.05. The first kappa shape index (κ1) is 15.3. The number of aromatic nitrogens is 1. The monoisotopic (exact) mass is 309 g/mol. The molecule has 2 fully saturated rings. The molecule has 1 aliphatic carbocycles. The van der Waals surface area contributed by atoms with Gasteiger partial charge in [0.25, 0.3) is 0 Å². The highest BCUT2D eigenvalue weighted by molar-refractivity contribution is 7.13. The lowest BCUT2D eigenvalue weighted by Gasteiger charge is -2.44. The zero-order chi connectivity index (χ0) is 14.7. The van der Waals surface area contributed by atoms with E-state index >= 15 is 0 Å². The number of hydrogen-bond donors (Lipinski definition) is 1. The standard InChI is InChI=1S/C16H27N3OS/c1-14-3-2-4-16(11-14,13-20)12-18-6-8-19(9-7-18)15-17-5-10-21-15/h5,10,14,20H,2-4,6-9,11-13H2,1H3. The van der Waals surface area contributed by atoms with Crippen molar-refractivity contribution in [3.63, 3.8) is 0 Å². The summed E-state index contributed by atoms with van der Waals surface area (Å²) in [6.07, 6.45) is 6.88. The smallest absolute Gasteiger partial charge is 0.185 e. The van der Waals surface area contributed by atoms with E-state index < -0.39 is 0 Å². The average molecular weight is 309 g/mol. The number of rotatable bonds is 4. The predicted molar refractivity (Wildman–Crippen MR) is 87.9 cm³/mol. The second kappa shape index (κ2) is 6.63. The molecule has 2 unspecified atom stereocenters. The second-order valence-corrected chi connectivity index (χ2v) is 7.81. The molecule has 1 saturated carbocycles. The third-order valence-electron chi connectivity index (χ3n) is 5.14. The summed E-state index contributed by atoms with van der Waals surface area (Å²) in [5, 5.41) is 13.1. The van der Waals surface area contributed by atoms with E-state index in [9.17, 15) is 5.11 Å². The highest BCUT2D eigenvalue weighted by atomic mass is 32.1. The summed E-state index contributed by atoms with van der Waals surface area (Å²) in [5.74, 6) is 0.766. The van der Waals surface area contributed by atoms with Gasteiger partial charge in [-0.1, -0.05) is 19.8 Å². The molecular weight excluding hydrogens is 282 g/mol. The van der Waals surface area contributed by atoms with Crippen LogP contribution in [0.4, 0.5) is 5.13 Å². The zero-order valence-corrected chi connectivity index (χ0v) is 13.8. The number of hydrogen-bond acceptors (Lipinski definition) is 5. The first-order valence-electron chi connectivity index (χ1n) is 8.18. The Hall–Kier alpha value is -0.650. The Labute approximate surface area is 131 Å². The van der Waals surface area contributed by atoms with E-state index in [0.717, 1.165) is 43.8 Å². The molecule has 0 radical (unpaired) electrons. The van der Waals surface area contributed by atoms with Crippen LogP contribution in [0.15, 0.2) is 11.6 Å². The van der Waals surface area contributed by atoms with Gasteiger partial charge in [-0.2, -0.15) is 0 Å².